The molecule has 10 heavy (non-hydrogen) atoms. The van der Waals surface area contributed by atoms with Gasteiger partial charge in [-0.05, 0) is 6.26 Å². The lowest BCUT2D eigenvalue weighted by Crippen LogP contribution is -2.28. The number of thiocarbonyl (C=S) groups is 1. The first kappa shape index (κ1) is 9.71. The van der Waals surface area contributed by atoms with Gasteiger partial charge >= 0.3 is 5.97 Å². The monoisotopic (exact) mass is 179 g/mol. The largest absolute Gasteiger partial charge is 0.480 e. The molecular weight excluding hydrogens is 170 g/mol. The van der Waals surface area contributed by atoms with Crippen molar-refractivity contribution in [1.29, 1.82) is 0 Å². The highest BCUT2D eigenvalue weighted by molar-refractivity contribution is 8.22. The number of thioether (sulfide) groups is 1. The van der Waals surface area contributed by atoms with Crippen LogP contribution in [-0.4, -0.2) is 40.1 Å². The number of carboxylic acid groups (broad SMARTS) is 1. The second-order valence-corrected chi connectivity index (χ2v) is 3.16. The van der Waals surface area contributed by atoms with Crippen molar-refractivity contribution in [3.8, 4) is 0 Å². The van der Waals surface area contributed by atoms with Gasteiger partial charge in [0.15, 0.2) is 0 Å². The van der Waals surface area contributed by atoms with Crippen LogP contribution in [0.1, 0.15) is 0 Å². The van der Waals surface area contributed by atoms with Gasteiger partial charge in [-0.15, -0.1) is 11.8 Å². The number of likely N-dealkylation sites (N-methyl/N-ethyl adjacent to an activating group) is 1. The number of aliphatic carboxylic acids is 1. The smallest absolute Gasteiger partial charge is 0.323 e. The first-order chi connectivity index (χ1) is 4.57. The summed E-state index contributed by atoms with van der Waals surface area (Å²) in [4.78, 5) is 11.6. The van der Waals surface area contributed by atoms with Gasteiger partial charge in [0.05, 0.1) is 0 Å². The van der Waals surface area contributed by atoms with E-state index in [1.807, 2.05) is 6.26 Å². The van der Waals surface area contributed by atoms with Crippen LogP contribution in [0.2, 0.25) is 0 Å². The van der Waals surface area contributed by atoms with Gasteiger partial charge < -0.3 is 10.0 Å². The molecule has 1 N–H and O–H groups in total. The molecule has 0 heterocycles. The Labute approximate surface area is 69.4 Å². The van der Waals surface area contributed by atoms with Gasteiger partial charge in [0.25, 0.3) is 0 Å². The summed E-state index contributed by atoms with van der Waals surface area (Å²) >= 11 is 6.19. The summed E-state index contributed by atoms with van der Waals surface area (Å²) in [6.07, 6.45) is 1.82. The average molecular weight is 179 g/mol. The van der Waals surface area contributed by atoms with Crippen molar-refractivity contribution in [1.82, 2.24) is 4.90 Å². The van der Waals surface area contributed by atoms with Crippen molar-refractivity contribution < 1.29 is 9.90 Å². The Bertz CT molecular complexity index is 149. The van der Waals surface area contributed by atoms with Crippen LogP contribution in [0.5, 0.6) is 0 Å². The molecule has 0 spiro atoms. The number of nitrogens with zero attached hydrogens (tertiary/aromatic N) is 1. The van der Waals surface area contributed by atoms with E-state index in [9.17, 15) is 4.79 Å². The molecule has 0 aliphatic heterocycles. The lowest BCUT2D eigenvalue weighted by Gasteiger charge is -2.14. The van der Waals surface area contributed by atoms with Crippen LogP contribution in [0.25, 0.3) is 0 Å². The van der Waals surface area contributed by atoms with E-state index in [1.54, 1.807) is 7.05 Å². The van der Waals surface area contributed by atoms with E-state index in [-0.39, 0.29) is 6.54 Å². The minimum absolute atomic E-state index is 0.0281. The highest BCUT2D eigenvalue weighted by atomic mass is 32.2. The third-order valence-electron chi connectivity index (χ3n) is 0.859. The second kappa shape index (κ2) is 4.51. The van der Waals surface area contributed by atoms with Gasteiger partial charge in [0.2, 0.25) is 0 Å². The topological polar surface area (TPSA) is 40.5 Å². The molecule has 0 aromatic rings. The summed E-state index contributed by atoms with van der Waals surface area (Å²) in [5.41, 5.74) is 0. The second-order valence-electron chi connectivity index (χ2n) is 1.72. The van der Waals surface area contributed by atoms with Gasteiger partial charge in [-0.25, -0.2) is 0 Å². The zero-order chi connectivity index (χ0) is 8.15. The summed E-state index contributed by atoms with van der Waals surface area (Å²) in [7, 11) is 1.66. The van der Waals surface area contributed by atoms with E-state index in [1.165, 1.54) is 16.7 Å². The molecule has 0 radical (unpaired) electrons. The van der Waals surface area contributed by atoms with Gasteiger partial charge in [-0.2, -0.15) is 0 Å². The van der Waals surface area contributed by atoms with E-state index < -0.39 is 5.97 Å². The van der Waals surface area contributed by atoms with E-state index in [2.05, 4.69) is 0 Å². The van der Waals surface area contributed by atoms with Crippen LogP contribution in [0.4, 0.5) is 0 Å². The molecule has 0 fully saturated rings. The predicted octanol–water partition coefficient (Wildman–Crippen LogP) is 0.651. The number of hydrogen-bond donors (Lipinski definition) is 1. The fraction of sp³-hybridized carbons (Fsp3) is 0.600. The fourth-order valence-corrected chi connectivity index (χ4v) is 0.864. The SMILES string of the molecule is CSC(=S)N(C)CC(=O)O. The molecule has 3 nitrogen and oxygen atoms in total. The van der Waals surface area contributed by atoms with Crippen LogP contribution in [0.3, 0.4) is 0 Å². The maximum Gasteiger partial charge on any atom is 0.323 e. The Kier molecular flexibility index (Phi) is 4.38. The van der Waals surface area contributed by atoms with E-state index in [0.717, 1.165) is 0 Å². The van der Waals surface area contributed by atoms with Crippen molar-refractivity contribution in [2.24, 2.45) is 0 Å². The highest BCUT2D eigenvalue weighted by Crippen LogP contribution is 2.01. The fourth-order valence-electron chi connectivity index (χ4n) is 0.423. The molecular formula is C5H9NO2S2. The number of carboxylic acids is 1. The molecule has 0 aromatic heterocycles. The van der Waals surface area contributed by atoms with Crippen molar-refractivity contribution in [3.05, 3.63) is 0 Å². The van der Waals surface area contributed by atoms with Crippen molar-refractivity contribution >= 4 is 34.3 Å². The summed E-state index contributed by atoms with van der Waals surface area (Å²) in [5.74, 6) is -0.862. The van der Waals surface area contributed by atoms with E-state index in [0.29, 0.717) is 4.32 Å². The van der Waals surface area contributed by atoms with Crippen LogP contribution < -0.4 is 0 Å². The van der Waals surface area contributed by atoms with Gasteiger partial charge in [-0.1, -0.05) is 12.2 Å². The zero-order valence-corrected chi connectivity index (χ0v) is 7.46. The Morgan fingerprint density at radius 1 is 1.80 bits per heavy atom. The standard InChI is InChI=1S/C5H9NO2S2/c1-6(3-4(7)8)5(9)10-2/h3H2,1-2H3,(H,7,8). The summed E-state index contributed by atoms with van der Waals surface area (Å²) < 4.78 is 0.599. The molecule has 0 amide bonds. The number of carbonyl (C=O) groups is 1. The molecule has 0 bridgehead atoms. The lowest BCUT2D eigenvalue weighted by atomic mass is 10.6. The zero-order valence-electron chi connectivity index (χ0n) is 5.83. The molecule has 0 unspecified atom stereocenters. The van der Waals surface area contributed by atoms with Crippen LogP contribution in [0.15, 0.2) is 0 Å². The predicted molar refractivity (Wildman–Crippen MR) is 46.4 cm³/mol. The van der Waals surface area contributed by atoms with Crippen molar-refractivity contribution in [2.75, 3.05) is 19.8 Å². The minimum atomic E-state index is -0.862. The van der Waals surface area contributed by atoms with Gasteiger partial charge in [0, 0.05) is 7.05 Å². The molecule has 0 aliphatic carbocycles. The third kappa shape index (κ3) is 3.68. The highest BCUT2D eigenvalue weighted by Gasteiger charge is 2.05. The molecule has 0 atom stereocenters. The van der Waals surface area contributed by atoms with Crippen LogP contribution in [-0.2, 0) is 4.79 Å². The molecule has 0 saturated carbocycles. The Morgan fingerprint density at radius 2 is 2.30 bits per heavy atom. The first-order valence-electron chi connectivity index (χ1n) is 2.58. The number of hydrogen-bond acceptors (Lipinski definition) is 3. The summed E-state index contributed by atoms with van der Waals surface area (Å²) in [6.45, 7) is -0.0281. The van der Waals surface area contributed by atoms with Crippen LogP contribution in [0, 0.1) is 0 Å². The Morgan fingerprint density at radius 3 is 2.60 bits per heavy atom. The Hall–Kier alpha value is -0.290. The van der Waals surface area contributed by atoms with Crippen molar-refractivity contribution in [3.63, 3.8) is 0 Å². The first-order valence-corrected chi connectivity index (χ1v) is 4.22. The van der Waals surface area contributed by atoms with Crippen LogP contribution >= 0.6 is 24.0 Å². The molecule has 0 aromatic carbocycles. The van der Waals surface area contributed by atoms with E-state index >= 15 is 0 Å². The summed E-state index contributed by atoms with van der Waals surface area (Å²) in [5, 5.41) is 8.32. The molecule has 58 valence electrons. The maximum atomic E-state index is 10.1. The normalized spacial score (nSPS) is 9.00. The summed E-state index contributed by atoms with van der Waals surface area (Å²) in [6, 6.07) is 0. The quantitative estimate of drug-likeness (QED) is 0.630. The lowest BCUT2D eigenvalue weighted by molar-refractivity contribution is -0.137. The Balaban J connectivity index is 3.72. The molecule has 0 aliphatic rings. The maximum absolute atomic E-state index is 10.1. The molecule has 0 rings (SSSR count). The molecule has 5 heteroatoms. The van der Waals surface area contributed by atoms with Crippen molar-refractivity contribution in [2.45, 2.75) is 0 Å². The molecule has 0 saturated heterocycles. The average Bonchev–Trinajstić information content (AvgIpc) is 1.85. The number of rotatable bonds is 2. The van der Waals surface area contributed by atoms with E-state index in [4.69, 9.17) is 17.3 Å². The van der Waals surface area contributed by atoms with Gasteiger partial charge in [-0.3, -0.25) is 4.79 Å². The van der Waals surface area contributed by atoms with Gasteiger partial charge in [0.1, 0.15) is 10.9 Å². The minimum Gasteiger partial charge on any atom is -0.480 e. The third-order valence-corrected chi connectivity index (χ3v) is 2.33.